The molecule has 0 saturated carbocycles. The second kappa shape index (κ2) is 34.1. The lowest BCUT2D eigenvalue weighted by molar-refractivity contribution is -0.142. The topological polar surface area (TPSA) is 201 Å². The van der Waals surface area contributed by atoms with Gasteiger partial charge < -0.3 is 38.2 Å². The zero-order valence-electron chi connectivity index (χ0n) is 57.3. The highest BCUT2D eigenvalue weighted by Gasteiger charge is 2.21. The van der Waals surface area contributed by atoms with E-state index in [0.29, 0.717) is 24.5 Å². The number of methoxy groups -OCH3 is 4. The SMILES string of the molecule is CCN(CC)CCOc1cccc(-c2nn(CC(=O)OC)c3ccccc23)c1.COC(=O)Cn1nc(-c2cc(C)ccc2C)c2ccccc21.COC(=O)Cn1nc(-c2cc(C)ccc2F)c2ccccc21.COC(=O)Cn1nc(-c2cccc(OCCN(C)C)c2)c2ccccc21. The van der Waals surface area contributed by atoms with Crippen LogP contribution in [0.3, 0.4) is 0 Å². The lowest BCUT2D eigenvalue weighted by Gasteiger charge is -2.18. The summed E-state index contributed by atoms with van der Waals surface area (Å²) in [6.45, 7) is 15.6. The fourth-order valence-electron chi connectivity index (χ4n) is 11.0. The summed E-state index contributed by atoms with van der Waals surface area (Å²) < 4.78 is 51.6. The summed E-state index contributed by atoms with van der Waals surface area (Å²) in [7, 11) is 9.51. The number of carbonyl (C=O) groups is 4. The smallest absolute Gasteiger partial charge is 0.327 e. The Hall–Kier alpha value is -11.0. The van der Waals surface area contributed by atoms with Gasteiger partial charge in [-0.1, -0.05) is 140 Å². The second-order valence-corrected chi connectivity index (χ2v) is 23.3. The van der Waals surface area contributed by atoms with Crippen LogP contribution in [-0.2, 0) is 64.3 Å². The monoisotopic (exact) mass is 1330 g/mol. The van der Waals surface area contributed by atoms with E-state index in [-0.39, 0.29) is 49.9 Å². The molecule has 0 radical (unpaired) electrons. The largest absolute Gasteiger partial charge is 0.492 e. The van der Waals surface area contributed by atoms with Gasteiger partial charge in [-0.15, -0.1) is 0 Å². The van der Waals surface area contributed by atoms with Crippen LogP contribution in [-0.4, -0.2) is 155 Å². The molecule has 4 heterocycles. The van der Waals surface area contributed by atoms with Gasteiger partial charge in [-0.3, -0.25) is 37.9 Å². The average molecular weight is 1330 g/mol. The van der Waals surface area contributed by atoms with Gasteiger partial charge in [0.05, 0.1) is 50.5 Å². The third-order valence-electron chi connectivity index (χ3n) is 16.3. The van der Waals surface area contributed by atoms with Crippen molar-refractivity contribution in [3.8, 4) is 56.5 Å². The Morgan fingerprint density at radius 3 is 1.14 bits per heavy atom. The van der Waals surface area contributed by atoms with E-state index in [1.54, 1.807) is 26.2 Å². The predicted octanol–water partition coefficient (Wildman–Crippen LogP) is 13.2. The molecule has 0 unspecified atom stereocenters. The Morgan fingerprint density at radius 1 is 0.408 bits per heavy atom. The van der Waals surface area contributed by atoms with Gasteiger partial charge in [0.1, 0.15) is 79.5 Å². The van der Waals surface area contributed by atoms with Crippen LogP contribution in [0.2, 0.25) is 0 Å². The van der Waals surface area contributed by atoms with Crippen molar-refractivity contribution in [2.24, 2.45) is 0 Å². The van der Waals surface area contributed by atoms with Crippen LogP contribution < -0.4 is 9.47 Å². The van der Waals surface area contributed by atoms with Crippen LogP contribution in [0.1, 0.15) is 30.5 Å². The van der Waals surface area contributed by atoms with Gasteiger partial charge in [-0.05, 0) is 120 Å². The van der Waals surface area contributed by atoms with E-state index < -0.39 is 5.97 Å². The number of rotatable bonds is 22. The maximum atomic E-state index is 14.2. The number of hydrogen-bond acceptors (Lipinski definition) is 16. The fraction of sp³-hybridized carbons (Fsp3) is 0.273. The summed E-state index contributed by atoms with van der Waals surface area (Å²) >= 11 is 0. The van der Waals surface area contributed by atoms with Gasteiger partial charge in [-0.2, -0.15) is 20.4 Å². The Labute approximate surface area is 569 Å². The number of aromatic nitrogens is 8. The number of aryl methyl sites for hydroxylation is 3. The predicted molar refractivity (Wildman–Crippen MR) is 380 cm³/mol. The number of carbonyl (C=O) groups excluding carboxylic acids is 4. The van der Waals surface area contributed by atoms with Gasteiger partial charge in [0.25, 0.3) is 0 Å². The summed E-state index contributed by atoms with van der Waals surface area (Å²) in [5.41, 5.74) is 13.3. The molecule has 12 aromatic rings. The second-order valence-electron chi connectivity index (χ2n) is 23.3. The van der Waals surface area contributed by atoms with E-state index in [0.717, 1.165) is 121 Å². The van der Waals surface area contributed by atoms with Crippen molar-refractivity contribution in [2.75, 3.05) is 81.9 Å². The Bertz CT molecular complexity index is 4580. The first-order chi connectivity index (χ1) is 47.4. The number of nitrogens with zero attached hydrogens (tertiary/aromatic N) is 10. The van der Waals surface area contributed by atoms with Crippen molar-refractivity contribution in [3.05, 3.63) is 204 Å². The van der Waals surface area contributed by atoms with Crippen molar-refractivity contribution < 1.29 is 52.0 Å². The van der Waals surface area contributed by atoms with Crippen LogP contribution in [0, 0.1) is 26.6 Å². The highest BCUT2D eigenvalue weighted by molar-refractivity contribution is 5.97. The molecule has 0 aliphatic rings. The summed E-state index contributed by atoms with van der Waals surface area (Å²) in [5.74, 6) is -0.0737. The highest BCUT2D eigenvalue weighted by atomic mass is 19.1. The van der Waals surface area contributed by atoms with Crippen LogP contribution >= 0.6 is 0 Å². The number of hydrogen-bond donors (Lipinski definition) is 0. The molecule has 0 spiro atoms. The molecule has 21 heteroatoms. The summed E-state index contributed by atoms with van der Waals surface area (Å²) in [6.07, 6.45) is 0. The normalized spacial score (nSPS) is 11.0. The van der Waals surface area contributed by atoms with E-state index in [9.17, 15) is 23.6 Å². The molecule has 0 aliphatic carbocycles. The van der Waals surface area contributed by atoms with Gasteiger partial charge in [-0.25, -0.2) is 4.39 Å². The minimum absolute atomic E-state index is 0.00948. The number of likely N-dealkylation sites (N-methyl/N-ethyl adjacent to an activating group) is 2. The Kier molecular flexibility index (Phi) is 24.8. The molecule has 98 heavy (non-hydrogen) atoms. The van der Waals surface area contributed by atoms with E-state index >= 15 is 0 Å². The zero-order chi connectivity index (χ0) is 69.8. The van der Waals surface area contributed by atoms with Crippen molar-refractivity contribution in [2.45, 2.75) is 60.8 Å². The van der Waals surface area contributed by atoms with Crippen molar-refractivity contribution in [1.29, 1.82) is 0 Å². The molecule has 0 aliphatic heterocycles. The molecule has 0 N–H and O–H groups in total. The number of benzene rings is 8. The van der Waals surface area contributed by atoms with Gasteiger partial charge >= 0.3 is 23.9 Å². The first kappa shape index (κ1) is 71.3. The molecule has 8 aromatic carbocycles. The molecule has 0 amide bonds. The Balaban J connectivity index is 0.000000154. The molecule has 4 aromatic heterocycles. The van der Waals surface area contributed by atoms with Crippen LogP contribution in [0.5, 0.6) is 11.5 Å². The van der Waals surface area contributed by atoms with Crippen LogP contribution in [0.25, 0.3) is 88.6 Å². The van der Waals surface area contributed by atoms with E-state index in [2.05, 4.69) is 80.8 Å². The molecule has 0 saturated heterocycles. The van der Waals surface area contributed by atoms with E-state index in [4.69, 9.17) is 23.7 Å². The number of esters is 4. The average Bonchev–Trinajstić information content (AvgIpc) is 1.65. The summed E-state index contributed by atoms with van der Waals surface area (Å²) in [5, 5.41) is 22.2. The maximum Gasteiger partial charge on any atom is 0.327 e. The summed E-state index contributed by atoms with van der Waals surface area (Å²) in [4.78, 5) is 51.0. The van der Waals surface area contributed by atoms with Crippen molar-refractivity contribution >= 4 is 67.5 Å². The number of halogens is 1. The standard InChI is InChI=1S/C22H27N3O3.C20H23N3O3.C18H18N2O2.C17H15FN2O2/c1-4-24(5-2)13-14-28-18-10-8-9-17(15-18)22-19-11-6-7-12-20(19)25(23-22)16-21(26)27-3;1-22(2)11-12-26-16-8-6-7-15(13-16)20-17-9-4-5-10-18(17)23(21-20)14-19(24)25-3;1-12-8-9-13(2)15(10-12)18-14-6-4-5-7-16(14)20(19-18)11-17(21)22-3;1-11-7-8-14(18)13(9-11)17-12-5-3-4-6-15(12)20(19-17)10-16(21)22-2/h6-12,15H,4-5,13-14,16H2,1-3H3;4-10,13H,11-12,14H2,1-3H3;4-10H,11H2,1-3H3;3-9H,10H2,1-2H3. The Morgan fingerprint density at radius 2 is 0.755 bits per heavy atom. The highest BCUT2D eigenvalue weighted by Crippen LogP contribution is 2.35. The fourth-order valence-corrected chi connectivity index (χ4v) is 11.0. The molecule has 20 nitrogen and oxygen atoms in total. The zero-order valence-corrected chi connectivity index (χ0v) is 57.3. The quantitative estimate of drug-likeness (QED) is 0.0457. The molecule has 12 rings (SSSR count). The first-order valence-electron chi connectivity index (χ1n) is 32.2. The third-order valence-corrected chi connectivity index (χ3v) is 16.3. The van der Waals surface area contributed by atoms with Crippen molar-refractivity contribution in [1.82, 2.24) is 48.9 Å². The molecule has 0 bridgehead atoms. The van der Waals surface area contributed by atoms with Crippen LogP contribution in [0.4, 0.5) is 4.39 Å². The molecule has 0 atom stereocenters. The van der Waals surface area contributed by atoms with Gasteiger partial charge in [0, 0.05) is 56.9 Å². The molecular formula is C77H83FN10O10. The summed E-state index contributed by atoms with van der Waals surface area (Å²) in [6, 6.07) is 58.1. The number of fused-ring (bicyclic) bond motifs is 4. The number of ether oxygens (including phenoxy) is 6. The van der Waals surface area contributed by atoms with E-state index in [1.165, 1.54) is 50.3 Å². The van der Waals surface area contributed by atoms with Crippen LogP contribution in [0.15, 0.2) is 182 Å². The minimum atomic E-state index is -0.399. The van der Waals surface area contributed by atoms with Gasteiger partial charge in [0.15, 0.2) is 0 Å². The van der Waals surface area contributed by atoms with E-state index in [1.807, 2.05) is 167 Å². The molecule has 0 fully saturated rings. The number of para-hydroxylation sites is 4. The molecule has 508 valence electrons. The van der Waals surface area contributed by atoms with Gasteiger partial charge in [0.2, 0.25) is 0 Å². The maximum absolute atomic E-state index is 14.2. The minimum Gasteiger partial charge on any atom is -0.492 e. The first-order valence-corrected chi connectivity index (χ1v) is 32.2. The lowest BCUT2D eigenvalue weighted by Crippen LogP contribution is -2.27. The molecular weight excluding hydrogens is 1240 g/mol. The van der Waals surface area contributed by atoms with Crippen molar-refractivity contribution in [3.63, 3.8) is 0 Å². The lowest BCUT2D eigenvalue weighted by atomic mass is 10.0. The third kappa shape index (κ3) is 17.9.